The number of benzene rings is 1. The van der Waals surface area contributed by atoms with E-state index in [4.69, 9.17) is 16.3 Å². The quantitative estimate of drug-likeness (QED) is 0.808. The second-order valence-electron chi connectivity index (χ2n) is 6.35. The van der Waals surface area contributed by atoms with Crippen LogP contribution < -0.4 is 10.2 Å². The summed E-state index contributed by atoms with van der Waals surface area (Å²) in [6, 6.07) is 4.06. The summed E-state index contributed by atoms with van der Waals surface area (Å²) in [5, 5.41) is 11.0. The van der Waals surface area contributed by atoms with Crippen LogP contribution in [0.15, 0.2) is 18.5 Å². The third kappa shape index (κ3) is 4.16. The third-order valence-electron chi connectivity index (χ3n) is 4.76. The first-order valence-corrected chi connectivity index (χ1v) is 9.25. The summed E-state index contributed by atoms with van der Waals surface area (Å²) >= 11 is 6.35. The molecule has 3 rings (SSSR count). The number of rotatable bonds is 6. The topological polar surface area (TPSA) is 83.1 Å². The van der Waals surface area contributed by atoms with Crippen molar-refractivity contribution >= 4 is 23.2 Å². The number of carbonyl (C=O) groups is 1. The normalized spacial score (nSPS) is 15.0. The molecule has 0 aliphatic carbocycles. The number of H-pyrrole nitrogens is 1. The van der Waals surface area contributed by atoms with Gasteiger partial charge >= 0.3 is 0 Å². The lowest BCUT2D eigenvalue weighted by Gasteiger charge is -2.36. The van der Waals surface area contributed by atoms with Gasteiger partial charge < -0.3 is 19.9 Å². The van der Waals surface area contributed by atoms with Crippen molar-refractivity contribution in [2.45, 2.75) is 39.3 Å². The molecule has 1 aliphatic heterocycles. The van der Waals surface area contributed by atoms with E-state index in [1.807, 2.05) is 13.0 Å². The second kappa shape index (κ2) is 8.51. The van der Waals surface area contributed by atoms with E-state index in [9.17, 15) is 4.79 Å². The largest absolute Gasteiger partial charge is 0.381 e. The summed E-state index contributed by atoms with van der Waals surface area (Å²) in [5.41, 5.74) is 2.52. The van der Waals surface area contributed by atoms with Gasteiger partial charge in [-0.15, -0.1) is 10.2 Å². The molecule has 1 fully saturated rings. The van der Waals surface area contributed by atoms with Gasteiger partial charge in [-0.1, -0.05) is 11.6 Å². The van der Waals surface area contributed by atoms with E-state index in [0.29, 0.717) is 22.5 Å². The number of nitrogens with one attached hydrogen (secondary N) is 2. The van der Waals surface area contributed by atoms with Crippen molar-refractivity contribution in [2.24, 2.45) is 0 Å². The number of hydrogen-bond acceptors (Lipinski definition) is 5. The predicted molar refractivity (Wildman–Crippen MR) is 101 cm³/mol. The highest BCUT2D eigenvalue weighted by Gasteiger charge is 2.24. The fourth-order valence-electron chi connectivity index (χ4n) is 3.40. The fourth-order valence-corrected chi connectivity index (χ4v) is 3.61. The Morgan fingerprint density at radius 1 is 1.42 bits per heavy atom. The third-order valence-corrected chi connectivity index (χ3v) is 4.97. The number of aromatic amines is 1. The first-order chi connectivity index (χ1) is 12.6. The molecule has 0 spiro atoms. The van der Waals surface area contributed by atoms with Crippen LogP contribution in [0.1, 0.15) is 41.5 Å². The molecule has 7 nitrogen and oxygen atoms in total. The van der Waals surface area contributed by atoms with Crippen molar-refractivity contribution in [3.8, 4) is 0 Å². The average molecular weight is 378 g/mol. The highest BCUT2D eigenvalue weighted by atomic mass is 35.5. The first kappa shape index (κ1) is 18.7. The number of amides is 1. The van der Waals surface area contributed by atoms with Crippen LogP contribution in [-0.2, 0) is 11.3 Å². The smallest absolute Gasteiger partial charge is 0.252 e. The van der Waals surface area contributed by atoms with Crippen molar-refractivity contribution in [3.63, 3.8) is 0 Å². The van der Waals surface area contributed by atoms with Crippen molar-refractivity contribution < 1.29 is 9.53 Å². The van der Waals surface area contributed by atoms with Gasteiger partial charge in [-0.25, -0.2) is 0 Å². The van der Waals surface area contributed by atoms with Gasteiger partial charge in [-0.3, -0.25) is 4.79 Å². The highest BCUT2D eigenvalue weighted by Crippen LogP contribution is 2.31. The highest BCUT2D eigenvalue weighted by molar-refractivity contribution is 6.31. The molecular formula is C18H24ClN5O2. The molecule has 0 saturated carbocycles. The Bertz CT molecular complexity index is 744. The standard InChI is InChI=1S/C18H24ClN5O2/c1-3-24(14-4-6-26-7-5-14)16-9-13(19)8-15(12(16)2)18(25)20-10-17-21-11-22-23-17/h8-9,11,14H,3-7,10H2,1-2H3,(H,20,25)(H,21,22,23). The summed E-state index contributed by atoms with van der Waals surface area (Å²) in [7, 11) is 0. The maximum atomic E-state index is 12.7. The number of carbonyl (C=O) groups excluding carboxylic acids is 1. The van der Waals surface area contributed by atoms with E-state index >= 15 is 0 Å². The van der Waals surface area contributed by atoms with Gasteiger partial charge in [-0.05, 0) is 44.4 Å². The summed E-state index contributed by atoms with van der Waals surface area (Å²) in [5.74, 6) is 0.432. The van der Waals surface area contributed by atoms with E-state index < -0.39 is 0 Å². The fraction of sp³-hybridized carbons (Fsp3) is 0.500. The predicted octanol–water partition coefficient (Wildman–Crippen LogP) is 2.70. The van der Waals surface area contributed by atoms with Crippen molar-refractivity contribution in [1.82, 2.24) is 20.5 Å². The molecule has 1 aliphatic rings. The van der Waals surface area contributed by atoms with E-state index in [0.717, 1.165) is 43.9 Å². The summed E-state index contributed by atoms with van der Waals surface area (Å²) < 4.78 is 5.48. The summed E-state index contributed by atoms with van der Waals surface area (Å²) in [4.78, 5) is 17.9. The lowest BCUT2D eigenvalue weighted by molar-refractivity contribution is 0.0846. The van der Waals surface area contributed by atoms with Gasteiger partial charge in [0.15, 0.2) is 0 Å². The molecule has 8 heteroatoms. The second-order valence-corrected chi connectivity index (χ2v) is 6.78. The Kier molecular flexibility index (Phi) is 6.11. The summed E-state index contributed by atoms with van der Waals surface area (Å²) in [6.07, 6.45) is 3.44. The van der Waals surface area contributed by atoms with Crippen molar-refractivity contribution in [3.05, 3.63) is 40.4 Å². The van der Waals surface area contributed by atoms with Crippen LogP contribution in [0, 0.1) is 6.92 Å². The summed E-state index contributed by atoms with van der Waals surface area (Å²) in [6.45, 7) is 6.77. The molecular weight excluding hydrogens is 354 g/mol. The SMILES string of the molecule is CCN(c1cc(Cl)cc(C(=O)NCc2nnc[nH]2)c1C)C1CCOCC1. The van der Waals surface area contributed by atoms with Crippen LogP contribution in [0.5, 0.6) is 0 Å². The lowest BCUT2D eigenvalue weighted by atomic mass is 10.0. The van der Waals surface area contributed by atoms with Crippen LogP contribution >= 0.6 is 11.6 Å². The molecule has 1 amide bonds. The Morgan fingerprint density at radius 3 is 2.85 bits per heavy atom. The van der Waals surface area contributed by atoms with E-state index in [-0.39, 0.29) is 12.5 Å². The number of aromatic nitrogens is 3. The number of ether oxygens (including phenoxy) is 1. The molecule has 1 saturated heterocycles. The number of anilines is 1. The Morgan fingerprint density at radius 2 is 2.19 bits per heavy atom. The molecule has 0 bridgehead atoms. The van der Waals surface area contributed by atoms with Gasteiger partial charge in [0.1, 0.15) is 12.2 Å². The maximum Gasteiger partial charge on any atom is 0.252 e. The Balaban J connectivity index is 1.83. The molecule has 0 atom stereocenters. The van der Waals surface area contributed by atoms with Crippen LogP contribution in [-0.4, -0.2) is 46.9 Å². The Labute approximate surface area is 158 Å². The van der Waals surface area contributed by atoms with Crippen LogP contribution in [0.4, 0.5) is 5.69 Å². The molecule has 0 unspecified atom stereocenters. The molecule has 140 valence electrons. The van der Waals surface area contributed by atoms with Gasteiger partial charge in [0.25, 0.3) is 5.91 Å². The molecule has 1 aromatic heterocycles. The van der Waals surface area contributed by atoms with E-state index in [1.54, 1.807) is 6.07 Å². The average Bonchev–Trinajstić information content (AvgIpc) is 3.17. The van der Waals surface area contributed by atoms with Gasteiger partial charge in [0, 0.05) is 42.1 Å². The van der Waals surface area contributed by atoms with Crippen LogP contribution in [0.2, 0.25) is 5.02 Å². The molecule has 2 N–H and O–H groups in total. The lowest BCUT2D eigenvalue weighted by Crippen LogP contribution is -2.40. The van der Waals surface area contributed by atoms with Gasteiger partial charge in [0.2, 0.25) is 0 Å². The minimum Gasteiger partial charge on any atom is -0.381 e. The molecule has 26 heavy (non-hydrogen) atoms. The molecule has 0 radical (unpaired) electrons. The van der Waals surface area contributed by atoms with E-state index in [2.05, 4.69) is 32.3 Å². The number of nitrogens with zero attached hydrogens (tertiary/aromatic N) is 3. The zero-order valence-corrected chi connectivity index (χ0v) is 15.8. The molecule has 2 heterocycles. The Hall–Kier alpha value is -2.12. The van der Waals surface area contributed by atoms with Crippen LogP contribution in [0.3, 0.4) is 0 Å². The van der Waals surface area contributed by atoms with Crippen molar-refractivity contribution in [2.75, 3.05) is 24.7 Å². The minimum absolute atomic E-state index is 0.175. The molecule has 2 aromatic rings. The maximum absolute atomic E-state index is 12.7. The monoisotopic (exact) mass is 377 g/mol. The van der Waals surface area contributed by atoms with Gasteiger partial charge in [-0.2, -0.15) is 0 Å². The molecule has 1 aromatic carbocycles. The minimum atomic E-state index is -0.175. The zero-order valence-electron chi connectivity index (χ0n) is 15.1. The number of hydrogen-bond donors (Lipinski definition) is 2. The number of halogens is 1. The zero-order chi connectivity index (χ0) is 18.5. The van der Waals surface area contributed by atoms with Crippen LogP contribution in [0.25, 0.3) is 0 Å². The first-order valence-electron chi connectivity index (χ1n) is 8.87. The van der Waals surface area contributed by atoms with Crippen molar-refractivity contribution in [1.29, 1.82) is 0 Å². The van der Waals surface area contributed by atoms with Gasteiger partial charge in [0.05, 0.1) is 6.54 Å². The van der Waals surface area contributed by atoms with E-state index in [1.165, 1.54) is 6.33 Å².